The Labute approximate surface area is 569 Å². The summed E-state index contributed by atoms with van der Waals surface area (Å²) < 4.78 is 51.6. The standard InChI is InChI=1S/C64H117N7O26/c1-42(75)22-14-6-7-15-23-52(82)71-64(39-90-33-24-49(79)65-27-16-8-11-19-30-93-61(70-45(4)78)60(88)55(83)46(36-72)89-5,40-91-34-25-50(80)66-28-17-9-12-20-31-94-62-53(68-43(2)76)58(86)56(84)47(37-73)96-62)41-92-35-26-51(81)67-29-18-10-13-21-32-95-63-54(69-44(3)77)59(87)57(85)48(38-74)97-63/h46-48,53-63,72-74,83-88H,6-41H2,1-5H3,(H,65,79)(H,66,80)(H,67,81)(H,68,76)(H,69,77)(H,70,78)(H,71,82). The molecule has 0 saturated carbocycles. The number of methoxy groups -OCH3 is 1. The van der Waals surface area contributed by atoms with Crippen LogP contribution in [0, 0.1) is 0 Å². The number of ketones is 1. The maximum Gasteiger partial charge on any atom is 0.222 e. The van der Waals surface area contributed by atoms with E-state index in [0.717, 1.165) is 6.42 Å². The molecular weight excluding hydrogens is 1280 g/mol. The Kier molecular flexibility index (Phi) is 47.6. The van der Waals surface area contributed by atoms with Gasteiger partial charge < -0.3 is 131 Å². The minimum Gasteiger partial charge on any atom is -0.394 e. The van der Waals surface area contributed by atoms with Crippen LogP contribution in [0.15, 0.2) is 0 Å². The van der Waals surface area contributed by atoms with Crippen molar-refractivity contribution >= 4 is 47.1 Å². The first-order chi connectivity index (χ1) is 46.4. The maximum absolute atomic E-state index is 13.7. The van der Waals surface area contributed by atoms with Gasteiger partial charge in [0.05, 0.1) is 59.5 Å². The van der Waals surface area contributed by atoms with E-state index in [2.05, 4.69) is 37.2 Å². The fourth-order valence-corrected chi connectivity index (χ4v) is 10.6. The number of ether oxygens (including phenoxy) is 9. The van der Waals surface area contributed by atoms with Crippen molar-refractivity contribution in [2.45, 2.75) is 254 Å². The highest BCUT2D eigenvalue weighted by molar-refractivity contribution is 5.78. The zero-order valence-electron chi connectivity index (χ0n) is 57.5. The molecule has 16 N–H and O–H groups in total. The summed E-state index contributed by atoms with van der Waals surface area (Å²) >= 11 is 0. The third kappa shape index (κ3) is 38.0. The van der Waals surface area contributed by atoms with Gasteiger partial charge in [-0.2, -0.15) is 0 Å². The molecule has 2 fully saturated rings. The largest absolute Gasteiger partial charge is 0.394 e. The third-order valence-electron chi connectivity index (χ3n) is 16.1. The van der Waals surface area contributed by atoms with Crippen LogP contribution in [-0.4, -0.2) is 290 Å². The van der Waals surface area contributed by atoms with E-state index in [0.29, 0.717) is 122 Å². The van der Waals surface area contributed by atoms with E-state index in [-0.39, 0.29) is 115 Å². The minimum absolute atomic E-state index is 0.0393. The molecule has 33 heteroatoms. The second kappa shape index (κ2) is 52.3. The molecule has 564 valence electrons. The van der Waals surface area contributed by atoms with Crippen molar-refractivity contribution in [1.82, 2.24) is 37.2 Å². The molecule has 14 unspecified atom stereocenters. The predicted octanol–water partition coefficient (Wildman–Crippen LogP) is -2.85. The molecule has 7 amide bonds. The number of aliphatic hydroxyl groups is 9. The molecule has 97 heavy (non-hydrogen) atoms. The summed E-state index contributed by atoms with van der Waals surface area (Å²) in [4.78, 5) is 99.5. The maximum atomic E-state index is 13.7. The average Bonchev–Trinajstić information content (AvgIpc) is 0.922. The van der Waals surface area contributed by atoms with Gasteiger partial charge in [0.15, 0.2) is 18.8 Å². The van der Waals surface area contributed by atoms with E-state index in [1.165, 1.54) is 34.8 Å². The number of carbonyl (C=O) groups is 8. The van der Waals surface area contributed by atoms with E-state index in [1.54, 1.807) is 0 Å². The number of hydrogen-bond donors (Lipinski definition) is 16. The van der Waals surface area contributed by atoms with Crippen LogP contribution >= 0.6 is 0 Å². The zero-order valence-corrected chi connectivity index (χ0v) is 57.5. The van der Waals surface area contributed by atoms with Crippen molar-refractivity contribution < 1.29 is 127 Å². The lowest BCUT2D eigenvalue weighted by atomic mass is 9.97. The van der Waals surface area contributed by atoms with Gasteiger partial charge in [-0.15, -0.1) is 0 Å². The predicted molar refractivity (Wildman–Crippen MR) is 346 cm³/mol. The lowest BCUT2D eigenvalue weighted by molar-refractivity contribution is -0.270. The molecule has 2 aliphatic rings. The van der Waals surface area contributed by atoms with Crippen LogP contribution in [0.2, 0.25) is 0 Å². The first-order valence-electron chi connectivity index (χ1n) is 34.2. The Balaban J connectivity index is 2.02. The number of carbonyl (C=O) groups excluding carboxylic acids is 8. The second-order valence-corrected chi connectivity index (χ2v) is 24.7. The molecule has 2 rings (SSSR count). The Bertz CT molecular complexity index is 2120. The Hall–Kier alpha value is -4.76. The van der Waals surface area contributed by atoms with Crippen molar-refractivity contribution in [2.24, 2.45) is 0 Å². The fourth-order valence-electron chi connectivity index (χ4n) is 10.6. The van der Waals surface area contributed by atoms with Crippen molar-refractivity contribution in [3.8, 4) is 0 Å². The molecule has 2 saturated heterocycles. The molecule has 0 spiro atoms. The molecule has 2 aliphatic heterocycles. The van der Waals surface area contributed by atoms with Crippen molar-refractivity contribution in [2.75, 3.05) is 106 Å². The van der Waals surface area contributed by atoms with E-state index in [4.69, 9.17) is 42.6 Å². The van der Waals surface area contributed by atoms with Crippen molar-refractivity contribution in [3.05, 3.63) is 0 Å². The molecule has 0 aromatic carbocycles. The Morgan fingerprint density at radius 2 is 0.845 bits per heavy atom. The van der Waals surface area contributed by atoms with Gasteiger partial charge in [0.25, 0.3) is 0 Å². The van der Waals surface area contributed by atoms with Gasteiger partial charge >= 0.3 is 0 Å². The highest BCUT2D eigenvalue weighted by atomic mass is 16.7. The number of amides is 7. The number of hydrogen-bond acceptors (Lipinski definition) is 26. The van der Waals surface area contributed by atoms with Crippen LogP contribution in [0.4, 0.5) is 0 Å². The minimum atomic E-state index is -1.58. The van der Waals surface area contributed by atoms with Crippen molar-refractivity contribution in [3.63, 3.8) is 0 Å². The number of aliphatic hydroxyl groups excluding tert-OH is 9. The van der Waals surface area contributed by atoms with Crippen LogP contribution in [0.3, 0.4) is 0 Å². The van der Waals surface area contributed by atoms with Crippen LogP contribution in [0.5, 0.6) is 0 Å². The van der Waals surface area contributed by atoms with E-state index >= 15 is 0 Å². The average molecular weight is 1400 g/mol. The Morgan fingerprint density at radius 1 is 0.454 bits per heavy atom. The van der Waals surface area contributed by atoms with Gasteiger partial charge in [0.1, 0.15) is 78.3 Å². The fraction of sp³-hybridized carbons (Fsp3) is 0.875. The van der Waals surface area contributed by atoms with Crippen molar-refractivity contribution in [1.29, 1.82) is 0 Å². The van der Waals surface area contributed by atoms with Gasteiger partial charge in [-0.05, 0) is 58.3 Å². The summed E-state index contributed by atoms with van der Waals surface area (Å²) in [7, 11) is 1.26. The SMILES string of the molecule is COC(CO)C(O)C(O)C(NC(C)=O)OCCCCCCNC(=O)CCOCC(COCCC(=O)NCCCCCCOC1OC(CO)C(O)C(O)C1NC(C)=O)(COCCC(=O)NCCCCCCOC1OC(CO)C(O)C(O)C1NC(C)=O)NC(=O)CCCCCCC(C)=O. The summed E-state index contributed by atoms with van der Waals surface area (Å²) in [6.07, 6.45) is -4.74. The van der Waals surface area contributed by atoms with E-state index in [9.17, 15) is 84.3 Å². The highest BCUT2D eigenvalue weighted by Crippen LogP contribution is 2.25. The van der Waals surface area contributed by atoms with E-state index in [1.807, 2.05) is 0 Å². The van der Waals surface area contributed by atoms with Crippen LogP contribution in [0.25, 0.3) is 0 Å². The summed E-state index contributed by atoms with van der Waals surface area (Å²) in [6.45, 7) is 4.39. The molecule has 33 nitrogen and oxygen atoms in total. The van der Waals surface area contributed by atoms with Crippen LogP contribution < -0.4 is 37.2 Å². The first kappa shape index (κ1) is 88.3. The molecule has 0 aliphatic carbocycles. The molecule has 14 atom stereocenters. The van der Waals surface area contributed by atoms with Crippen LogP contribution in [0.1, 0.15) is 163 Å². The highest BCUT2D eigenvalue weighted by Gasteiger charge is 2.47. The summed E-state index contributed by atoms with van der Waals surface area (Å²) in [5, 5.41) is 110. The normalized spacial score (nSPS) is 22.8. The first-order valence-corrected chi connectivity index (χ1v) is 34.2. The van der Waals surface area contributed by atoms with Gasteiger partial charge in [0, 0.05) is 99.4 Å². The number of rotatable bonds is 57. The zero-order chi connectivity index (χ0) is 72.0. The number of nitrogens with one attached hydrogen (secondary N) is 7. The quantitative estimate of drug-likeness (QED) is 0.0215. The summed E-state index contributed by atoms with van der Waals surface area (Å²) in [5.41, 5.74) is -1.36. The summed E-state index contributed by atoms with van der Waals surface area (Å²) in [6, 6.07) is -2.10. The molecule has 0 aromatic heterocycles. The third-order valence-corrected chi connectivity index (χ3v) is 16.1. The van der Waals surface area contributed by atoms with Gasteiger partial charge in [0.2, 0.25) is 41.4 Å². The number of Topliss-reactive ketones (excluding diaryl/α,β-unsaturated/α-hetero) is 1. The van der Waals surface area contributed by atoms with Gasteiger partial charge in [-0.3, -0.25) is 33.6 Å². The molecule has 0 bridgehead atoms. The smallest absolute Gasteiger partial charge is 0.222 e. The van der Waals surface area contributed by atoms with Crippen LogP contribution in [-0.2, 0) is 81.0 Å². The van der Waals surface area contributed by atoms with Gasteiger partial charge in [-0.25, -0.2) is 0 Å². The monoisotopic (exact) mass is 1400 g/mol. The van der Waals surface area contributed by atoms with E-state index < -0.39 is 129 Å². The number of unbranched alkanes of at least 4 members (excludes halogenated alkanes) is 12. The molecule has 0 aromatic rings. The molecular formula is C64H117N7O26. The lowest BCUT2D eigenvalue weighted by Gasteiger charge is -2.42. The second-order valence-electron chi connectivity index (χ2n) is 24.7. The Morgan fingerprint density at radius 3 is 1.22 bits per heavy atom. The van der Waals surface area contributed by atoms with Gasteiger partial charge in [-0.1, -0.05) is 51.4 Å². The lowest BCUT2D eigenvalue weighted by Crippen LogP contribution is -2.64. The molecule has 0 radical (unpaired) electrons. The topological polar surface area (TPSA) is 486 Å². The molecule has 2 heterocycles. The summed E-state index contributed by atoms with van der Waals surface area (Å²) in [5.74, 6) is -2.58.